The van der Waals surface area contributed by atoms with E-state index in [-0.39, 0.29) is 19.0 Å². The van der Waals surface area contributed by atoms with Crippen molar-refractivity contribution in [1.29, 1.82) is 0 Å². The van der Waals surface area contributed by atoms with Crippen LogP contribution in [0.1, 0.15) is 6.92 Å². The number of nitrogens with two attached hydrogens (primary N) is 1. The number of hydrogen-bond donors (Lipinski definition) is 1. The highest BCUT2D eigenvalue weighted by Crippen LogP contribution is 1.70. The summed E-state index contributed by atoms with van der Waals surface area (Å²) in [4.78, 5) is 3.56. The Bertz CT molecular complexity index is 70.4. The lowest BCUT2D eigenvalue weighted by molar-refractivity contribution is 0.504. The molecular formula is C4H10ClFN2. The van der Waals surface area contributed by atoms with Crippen LogP contribution in [0.15, 0.2) is 4.99 Å². The van der Waals surface area contributed by atoms with Crippen LogP contribution in [0.3, 0.4) is 0 Å². The van der Waals surface area contributed by atoms with Gasteiger partial charge in [-0.3, -0.25) is 4.99 Å². The molecule has 0 aromatic carbocycles. The van der Waals surface area contributed by atoms with Crippen molar-refractivity contribution in [2.24, 2.45) is 10.7 Å². The maximum absolute atomic E-state index is 11.2. The van der Waals surface area contributed by atoms with Crippen LogP contribution in [0.4, 0.5) is 4.39 Å². The van der Waals surface area contributed by atoms with E-state index in [9.17, 15) is 4.39 Å². The first kappa shape index (κ1) is 10.6. The minimum Gasteiger partial charge on any atom is -0.388 e. The standard InChI is InChI=1S/C4H9FN2.ClH/c1-4(6)7-3-2-5;/h2-3H2,1H3,(H2,6,7);1H. The molecule has 0 saturated heterocycles. The summed E-state index contributed by atoms with van der Waals surface area (Å²) in [5.41, 5.74) is 5.06. The van der Waals surface area contributed by atoms with Gasteiger partial charge in [0.2, 0.25) is 0 Å². The Morgan fingerprint density at radius 2 is 2.25 bits per heavy atom. The zero-order valence-corrected chi connectivity index (χ0v) is 5.54. The summed E-state index contributed by atoms with van der Waals surface area (Å²) in [7, 11) is 0. The summed E-state index contributed by atoms with van der Waals surface area (Å²) < 4.78 is 11.2. The molecule has 0 radical (unpaired) electrons. The molecule has 8 heavy (non-hydrogen) atoms. The van der Waals surface area contributed by atoms with Gasteiger partial charge in [0.25, 0.3) is 0 Å². The van der Waals surface area contributed by atoms with Crippen molar-refractivity contribution in [2.75, 3.05) is 13.2 Å². The normalized spacial score (nSPS) is 10.5. The molecule has 4 heteroatoms. The van der Waals surface area contributed by atoms with Gasteiger partial charge in [0.05, 0.1) is 12.4 Å². The Morgan fingerprint density at radius 1 is 1.75 bits per heavy atom. The van der Waals surface area contributed by atoms with E-state index in [2.05, 4.69) is 4.99 Å². The van der Waals surface area contributed by atoms with Crippen molar-refractivity contribution < 1.29 is 4.39 Å². The van der Waals surface area contributed by atoms with Crippen molar-refractivity contribution in [3.8, 4) is 0 Å². The number of nitrogens with zero attached hydrogens (tertiary/aromatic N) is 1. The van der Waals surface area contributed by atoms with Gasteiger partial charge in [0, 0.05) is 0 Å². The number of alkyl halides is 1. The Labute approximate surface area is 54.4 Å². The molecule has 0 aliphatic carbocycles. The minimum absolute atomic E-state index is 0. The maximum atomic E-state index is 11.2. The van der Waals surface area contributed by atoms with Crippen molar-refractivity contribution >= 4 is 18.2 Å². The van der Waals surface area contributed by atoms with E-state index in [0.717, 1.165) is 0 Å². The maximum Gasteiger partial charge on any atom is 0.109 e. The van der Waals surface area contributed by atoms with Crippen LogP contribution in [0.25, 0.3) is 0 Å². The Morgan fingerprint density at radius 3 is 2.38 bits per heavy atom. The third kappa shape index (κ3) is 9.19. The number of rotatable bonds is 2. The summed E-state index contributed by atoms with van der Waals surface area (Å²) in [5, 5.41) is 0. The van der Waals surface area contributed by atoms with Gasteiger partial charge in [-0.25, -0.2) is 4.39 Å². The lowest BCUT2D eigenvalue weighted by Crippen LogP contribution is -2.06. The molecule has 0 fully saturated rings. The lowest BCUT2D eigenvalue weighted by Gasteiger charge is -1.84. The van der Waals surface area contributed by atoms with Crippen LogP contribution in [0.2, 0.25) is 0 Å². The minimum atomic E-state index is -0.422. The second kappa shape index (κ2) is 6.69. The van der Waals surface area contributed by atoms with Gasteiger partial charge < -0.3 is 5.73 Å². The molecule has 0 bridgehead atoms. The van der Waals surface area contributed by atoms with Gasteiger partial charge in [-0.2, -0.15) is 0 Å². The second-order valence-corrected chi connectivity index (χ2v) is 1.21. The Balaban J connectivity index is 0. The average Bonchev–Trinajstić information content (AvgIpc) is 1.61. The number of aliphatic imine (C=N–C) groups is 1. The molecule has 0 atom stereocenters. The number of amidine groups is 1. The van der Waals surface area contributed by atoms with E-state index in [1.165, 1.54) is 0 Å². The molecule has 0 aromatic rings. The number of hydrogen-bond acceptors (Lipinski definition) is 1. The molecule has 0 saturated carbocycles. The lowest BCUT2D eigenvalue weighted by atomic mass is 10.7. The molecule has 2 nitrogen and oxygen atoms in total. The van der Waals surface area contributed by atoms with Crippen LogP contribution in [-0.4, -0.2) is 19.1 Å². The molecule has 0 amide bonds. The molecule has 2 N–H and O–H groups in total. The predicted octanol–water partition coefficient (Wildman–Crippen LogP) is 0.755. The van der Waals surface area contributed by atoms with Crippen LogP contribution in [0.5, 0.6) is 0 Å². The number of halogens is 2. The first-order valence-electron chi connectivity index (χ1n) is 2.10. The monoisotopic (exact) mass is 140 g/mol. The van der Waals surface area contributed by atoms with E-state index < -0.39 is 6.67 Å². The van der Waals surface area contributed by atoms with Crippen LogP contribution in [-0.2, 0) is 0 Å². The van der Waals surface area contributed by atoms with E-state index in [1.54, 1.807) is 6.92 Å². The largest absolute Gasteiger partial charge is 0.388 e. The molecule has 0 aliphatic rings. The fourth-order valence-electron chi connectivity index (χ4n) is 0.219. The molecule has 0 unspecified atom stereocenters. The van der Waals surface area contributed by atoms with Crippen LogP contribution in [0, 0.1) is 0 Å². The van der Waals surface area contributed by atoms with Gasteiger partial charge in [0.15, 0.2) is 0 Å². The fourth-order valence-corrected chi connectivity index (χ4v) is 0.219. The van der Waals surface area contributed by atoms with Crippen LogP contribution >= 0.6 is 12.4 Å². The third-order valence-corrected chi connectivity index (χ3v) is 0.446. The fraction of sp³-hybridized carbons (Fsp3) is 0.750. The van der Waals surface area contributed by atoms with Gasteiger partial charge in [-0.1, -0.05) is 0 Å². The molecular weight excluding hydrogens is 131 g/mol. The highest BCUT2D eigenvalue weighted by molar-refractivity contribution is 5.85. The molecule has 0 heterocycles. The molecule has 0 aromatic heterocycles. The van der Waals surface area contributed by atoms with Crippen molar-refractivity contribution in [3.63, 3.8) is 0 Å². The zero-order valence-electron chi connectivity index (χ0n) is 4.72. The SMILES string of the molecule is CC(N)=NCCF.Cl. The Hall–Kier alpha value is -0.310. The third-order valence-electron chi connectivity index (χ3n) is 0.446. The molecule has 0 spiro atoms. The molecule has 0 aliphatic heterocycles. The Kier molecular flexibility index (Phi) is 8.89. The quantitative estimate of drug-likeness (QED) is 0.446. The summed E-state index contributed by atoms with van der Waals surface area (Å²) >= 11 is 0. The summed E-state index contributed by atoms with van der Waals surface area (Å²) in [5.74, 6) is 0.442. The predicted molar refractivity (Wildman–Crippen MR) is 35.4 cm³/mol. The van der Waals surface area contributed by atoms with Gasteiger partial charge in [-0.15, -0.1) is 12.4 Å². The van der Waals surface area contributed by atoms with Gasteiger partial charge >= 0.3 is 0 Å². The van der Waals surface area contributed by atoms with E-state index in [1.807, 2.05) is 0 Å². The summed E-state index contributed by atoms with van der Waals surface area (Å²) in [6, 6.07) is 0. The van der Waals surface area contributed by atoms with E-state index in [0.29, 0.717) is 5.84 Å². The van der Waals surface area contributed by atoms with Crippen molar-refractivity contribution in [1.82, 2.24) is 0 Å². The van der Waals surface area contributed by atoms with Crippen molar-refractivity contribution in [2.45, 2.75) is 6.92 Å². The van der Waals surface area contributed by atoms with E-state index >= 15 is 0 Å². The topological polar surface area (TPSA) is 38.4 Å². The van der Waals surface area contributed by atoms with Crippen LogP contribution < -0.4 is 5.73 Å². The first-order chi connectivity index (χ1) is 3.27. The van der Waals surface area contributed by atoms with E-state index in [4.69, 9.17) is 5.73 Å². The summed E-state index contributed by atoms with van der Waals surface area (Å²) in [6.45, 7) is 1.41. The highest BCUT2D eigenvalue weighted by atomic mass is 35.5. The molecule has 50 valence electrons. The first-order valence-corrected chi connectivity index (χ1v) is 2.10. The zero-order chi connectivity index (χ0) is 5.70. The summed E-state index contributed by atoms with van der Waals surface area (Å²) in [6.07, 6.45) is 0. The highest BCUT2D eigenvalue weighted by Gasteiger charge is 1.76. The molecule has 0 rings (SSSR count). The smallest absolute Gasteiger partial charge is 0.109 e. The van der Waals surface area contributed by atoms with Gasteiger partial charge in [0.1, 0.15) is 6.67 Å². The van der Waals surface area contributed by atoms with Crippen molar-refractivity contribution in [3.05, 3.63) is 0 Å². The van der Waals surface area contributed by atoms with Gasteiger partial charge in [-0.05, 0) is 6.92 Å². The second-order valence-electron chi connectivity index (χ2n) is 1.21. The average molecular weight is 141 g/mol.